The molecule has 0 rings (SSSR count). The normalized spacial score (nSPS) is 11.1. The first-order chi connectivity index (χ1) is 3.63. The highest BCUT2D eigenvalue weighted by Gasteiger charge is 1.83. The Hall–Kier alpha value is 0.230. The number of halogens is 1. The molecule has 2 N–H and O–H groups in total. The third kappa shape index (κ3) is 6.23. The molecule has 0 aromatic carbocycles. The SMILES string of the molecule is CC(C)/C=C\N(N)I. The largest absolute Gasteiger partial charge is 0.259 e. The molecule has 0 aromatic heterocycles. The van der Waals surface area contributed by atoms with Crippen LogP contribution in [-0.4, -0.2) is 3.22 Å². The van der Waals surface area contributed by atoms with Gasteiger partial charge >= 0.3 is 0 Å². The number of allylic oxidation sites excluding steroid dienone is 1. The van der Waals surface area contributed by atoms with Crippen molar-refractivity contribution >= 4 is 22.9 Å². The smallest absolute Gasteiger partial charge is 0.0759 e. The number of nitrogens with two attached hydrogens (primary N) is 1. The molecule has 0 radical (unpaired) electrons. The van der Waals surface area contributed by atoms with Gasteiger partial charge in [-0.15, -0.1) is 0 Å². The van der Waals surface area contributed by atoms with E-state index in [2.05, 4.69) is 13.8 Å². The van der Waals surface area contributed by atoms with Crippen LogP contribution in [-0.2, 0) is 0 Å². The molecule has 0 aliphatic heterocycles. The Balaban J connectivity index is 3.34. The Morgan fingerprint density at radius 3 is 2.25 bits per heavy atom. The first-order valence-electron chi connectivity index (χ1n) is 2.51. The van der Waals surface area contributed by atoms with E-state index < -0.39 is 0 Å². The Morgan fingerprint density at radius 2 is 2.12 bits per heavy atom. The van der Waals surface area contributed by atoms with Crippen LogP contribution in [0.2, 0.25) is 0 Å². The van der Waals surface area contributed by atoms with Crippen LogP contribution in [0.5, 0.6) is 0 Å². The van der Waals surface area contributed by atoms with Gasteiger partial charge in [-0.05, 0) is 5.92 Å². The summed E-state index contributed by atoms with van der Waals surface area (Å²) in [6.07, 6.45) is 3.87. The molecule has 0 bridgehead atoms. The molecule has 0 amide bonds. The van der Waals surface area contributed by atoms with Gasteiger partial charge in [0.1, 0.15) is 0 Å². The monoisotopic (exact) mass is 226 g/mol. The zero-order valence-corrected chi connectivity index (χ0v) is 7.29. The first kappa shape index (κ1) is 8.23. The van der Waals surface area contributed by atoms with Gasteiger partial charge in [0, 0.05) is 6.20 Å². The van der Waals surface area contributed by atoms with Gasteiger partial charge in [-0.2, -0.15) is 0 Å². The van der Waals surface area contributed by atoms with Crippen LogP contribution in [0.3, 0.4) is 0 Å². The highest BCUT2D eigenvalue weighted by atomic mass is 127. The van der Waals surface area contributed by atoms with E-state index in [1.54, 1.807) is 0 Å². The minimum absolute atomic E-state index is 0.579. The van der Waals surface area contributed by atoms with Gasteiger partial charge in [-0.25, -0.2) is 5.84 Å². The quantitative estimate of drug-likeness (QED) is 0.336. The molecular formula is C5H11IN2. The fraction of sp³-hybridized carbons (Fsp3) is 0.600. The molecule has 0 unspecified atom stereocenters. The second-order valence-corrected chi connectivity index (χ2v) is 3.04. The van der Waals surface area contributed by atoms with Crippen LogP contribution < -0.4 is 5.84 Å². The van der Waals surface area contributed by atoms with Crippen molar-refractivity contribution in [3.8, 4) is 0 Å². The molecule has 0 aliphatic rings. The minimum Gasteiger partial charge on any atom is -0.259 e. The molecule has 0 saturated heterocycles. The zero-order chi connectivity index (χ0) is 6.57. The molecule has 0 aliphatic carbocycles. The van der Waals surface area contributed by atoms with Crippen LogP contribution in [0.1, 0.15) is 13.8 Å². The van der Waals surface area contributed by atoms with Crippen molar-refractivity contribution in [2.24, 2.45) is 11.8 Å². The Kier molecular flexibility index (Phi) is 4.26. The van der Waals surface area contributed by atoms with Crippen LogP contribution >= 0.6 is 22.9 Å². The van der Waals surface area contributed by atoms with Crippen LogP contribution in [0.25, 0.3) is 0 Å². The van der Waals surface area contributed by atoms with E-state index >= 15 is 0 Å². The molecule has 0 aromatic rings. The molecule has 0 atom stereocenters. The van der Waals surface area contributed by atoms with Crippen molar-refractivity contribution in [3.05, 3.63) is 12.3 Å². The van der Waals surface area contributed by atoms with Crippen molar-refractivity contribution in [2.45, 2.75) is 13.8 Å². The van der Waals surface area contributed by atoms with E-state index in [1.807, 2.05) is 35.1 Å². The molecule has 8 heavy (non-hydrogen) atoms. The Bertz CT molecular complexity index is 68.5. The first-order valence-corrected chi connectivity index (χ1v) is 3.47. The third-order valence-corrected chi connectivity index (χ3v) is 0.935. The fourth-order valence-corrected chi connectivity index (χ4v) is 0.440. The summed E-state index contributed by atoms with van der Waals surface area (Å²) in [6, 6.07) is 0. The topological polar surface area (TPSA) is 29.3 Å². The lowest BCUT2D eigenvalue weighted by Crippen LogP contribution is -2.10. The summed E-state index contributed by atoms with van der Waals surface area (Å²) < 4.78 is 1.51. The Morgan fingerprint density at radius 1 is 1.62 bits per heavy atom. The van der Waals surface area contributed by atoms with E-state index in [4.69, 9.17) is 5.84 Å². The van der Waals surface area contributed by atoms with Crippen molar-refractivity contribution in [3.63, 3.8) is 0 Å². The second kappa shape index (κ2) is 4.14. The van der Waals surface area contributed by atoms with Gasteiger partial charge in [-0.1, -0.05) is 19.9 Å². The minimum atomic E-state index is 0.579. The standard InChI is InChI=1S/C5H11IN2/c1-5(2)3-4-8(6)7/h3-5H,7H2,1-2H3/b4-3-. The van der Waals surface area contributed by atoms with E-state index in [-0.39, 0.29) is 0 Å². The van der Waals surface area contributed by atoms with Gasteiger partial charge in [0.15, 0.2) is 0 Å². The van der Waals surface area contributed by atoms with Crippen molar-refractivity contribution in [1.29, 1.82) is 0 Å². The zero-order valence-electron chi connectivity index (χ0n) is 5.13. The molecule has 2 nitrogen and oxygen atoms in total. The van der Waals surface area contributed by atoms with E-state index in [0.29, 0.717) is 5.92 Å². The van der Waals surface area contributed by atoms with Crippen molar-refractivity contribution in [1.82, 2.24) is 3.22 Å². The summed E-state index contributed by atoms with van der Waals surface area (Å²) >= 11 is 2.00. The average molecular weight is 226 g/mol. The van der Waals surface area contributed by atoms with Crippen LogP contribution in [0.15, 0.2) is 12.3 Å². The molecular weight excluding hydrogens is 215 g/mol. The van der Waals surface area contributed by atoms with E-state index in [9.17, 15) is 0 Å². The summed E-state index contributed by atoms with van der Waals surface area (Å²) in [4.78, 5) is 0. The third-order valence-electron chi connectivity index (χ3n) is 0.613. The molecule has 0 spiro atoms. The summed E-state index contributed by atoms with van der Waals surface area (Å²) in [6.45, 7) is 4.22. The summed E-state index contributed by atoms with van der Waals surface area (Å²) in [7, 11) is 0. The lowest BCUT2D eigenvalue weighted by molar-refractivity contribution is 0.704. The summed E-state index contributed by atoms with van der Waals surface area (Å²) in [5.74, 6) is 5.85. The van der Waals surface area contributed by atoms with E-state index in [0.717, 1.165) is 0 Å². The molecule has 48 valence electrons. The predicted octanol–water partition coefficient (Wildman–Crippen LogP) is 1.68. The van der Waals surface area contributed by atoms with Crippen molar-refractivity contribution in [2.75, 3.05) is 0 Å². The molecule has 0 fully saturated rings. The lowest BCUT2D eigenvalue weighted by Gasteiger charge is -2.00. The highest BCUT2D eigenvalue weighted by molar-refractivity contribution is 14.1. The Labute approximate surface area is 64.2 Å². The summed E-state index contributed by atoms with van der Waals surface area (Å²) in [5.41, 5.74) is 0. The number of hydrogen-bond acceptors (Lipinski definition) is 2. The van der Waals surface area contributed by atoms with Crippen LogP contribution in [0.4, 0.5) is 0 Å². The molecule has 3 heteroatoms. The number of hydrogen-bond donors (Lipinski definition) is 1. The molecule has 0 saturated carbocycles. The maximum Gasteiger partial charge on any atom is 0.0759 e. The number of nitrogens with zero attached hydrogens (tertiary/aromatic N) is 1. The number of hydrazine groups is 1. The van der Waals surface area contributed by atoms with Gasteiger partial charge in [0.25, 0.3) is 0 Å². The fourth-order valence-electron chi connectivity index (χ4n) is 0.254. The summed E-state index contributed by atoms with van der Waals surface area (Å²) in [5, 5.41) is 0. The maximum absolute atomic E-state index is 5.27. The van der Waals surface area contributed by atoms with E-state index in [1.165, 1.54) is 3.22 Å². The van der Waals surface area contributed by atoms with Gasteiger partial charge in [0.2, 0.25) is 0 Å². The van der Waals surface area contributed by atoms with Gasteiger partial charge in [-0.3, -0.25) is 3.22 Å². The van der Waals surface area contributed by atoms with Gasteiger partial charge < -0.3 is 0 Å². The molecule has 0 heterocycles. The van der Waals surface area contributed by atoms with Crippen molar-refractivity contribution < 1.29 is 0 Å². The lowest BCUT2D eigenvalue weighted by atomic mass is 10.2. The average Bonchev–Trinajstić information content (AvgIpc) is 1.61. The second-order valence-electron chi connectivity index (χ2n) is 1.93. The predicted molar refractivity (Wildman–Crippen MR) is 44.0 cm³/mol. The van der Waals surface area contributed by atoms with Gasteiger partial charge in [0.05, 0.1) is 22.9 Å². The van der Waals surface area contributed by atoms with Crippen LogP contribution in [0, 0.1) is 5.92 Å². The maximum atomic E-state index is 5.27. The number of rotatable bonds is 2. The highest BCUT2D eigenvalue weighted by Crippen LogP contribution is 1.96.